The van der Waals surface area contributed by atoms with E-state index in [2.05, 4.69) is 49.2 Å². The predicted octanol–water partition coefficient (Wildman–Crippen LogP) is 2.60. The molecule has 2 rings (SSSR count). The molecule has 0 saturated heterocycles. The molecule has 0 saturated carbocycles. The van der Waals surface area contributed by atoms with Crippen LogP contribution >= 0.6 is 0 Å². The lowest BCUT2D eigenvalue weighted by molar-refractivity contribution is 0.676. The van der Waals surface area contributed by atoms with Crippen LogP contribution in [0.15, 0.2) is 18.3 Å². The first-order valence-electron chi connectivity index (χ1n) is 7.75. The van der Waals surface area contributed by atoms with Crippen molar-refractivity contribution in [3.05, 3.63) is 40.8 Å². The molecular weight excluding hydrogens is 274 g/mol. The van der Waals surface area contributed by atoms with Crippen LogP contribution in [0.25, 0.3) is 0 Å². The van der Waals surface area contributed by atoms with E-state index >= 15 is 0 Å². The number of anilines is 1. The Labute approximate surface area is 133 Å². The quantitative estimate of drug-likeness (QED) is 0.891. The van der Waals surface area contributed by atoms with Crippen molar-refractivity contribution in [2.45, 2.75) is 39.8 Å². The molecule has 0 spiro atoms. The molecule has 1 N–H and O–H groups in total. The van der Waals surface area contributed by atoms with E-state index in [4.69, 9.17) is 5.10 Å². The van der Waals surface area contributed by atoms with E-state index in [-0.39, 0.29) is 0 Å². The zero-order valence-corrected chi connectivity index (χ0v) is 14.5. The molecule has 2 aromatic rings. The average Bonchev–Trinajstić information content (AvgIpc) is 2.78. The van der Waals surface area contributed by atoms with Gasteiger partial charge in [-0.2, -0.15) is 5.10 Å². The van der Waals surface area contributed by atoms with Gasteiger partial charge < -0.3 is 10.2 Å². The Bertz CT molecular complexity index is 611. The molecule has 0 aromatic carbocycles. The third kappa shape index (κ3) is 3.65. The fraction of sp³-hybridized carbons (Fsp3) is 0.529. The molecule has 0 fully saturated rings. The highest BCUT2D eigenvalue weighted by atomic mass is 15.4. The molecule has 22 heavy (non-hydrogen) atoms. The standard InChI is InChI=1S/C17H27N5/c1-12(2)16-15(17(21(4)5)22(6)20-16)11-18-9-14-8-7-13(3)19-10-14/h7-8,10,12,18H,9,11H2,1-6H3. The van der Waals surface area contributed by atoms with Gasteiger partial charge >= 0.3 is 0 Å². The average molecular weight is 301 g/mol. The predicted molar refractivity (Wildman–Crippen MR) is 91.1 cm³/mol. The molecule has 0 aliphatic heterocycles. The summed E-state index contributed by atoms with van der Waals surface area (Å²) in [6.45, 7) is 8.00. The Kier molecular flexibility index (Phi) is 5.19. The van der Waals surface area contributed by atoms with E-state index in [9.17, 15) is 0 Å². The van der Waals surface area contributed by atoms with Crippen LogP contribution in [0, 0.1) is 6.92 Å². The van der Waals surface area contributed by atoms with Gasteiger partial charge in [0, 0.05) is 51.7 Å². The fourth-order valence-corrected chi connectivity index (χ4v) is 2.71. The number of pyridine rings is 1. The summed E-state index contributed by atoms with van der Waals surface area (Å²) in [6, 6.07) is 4.17. The molecule has 5 nitrogen and oxygen atoms in total. The monoisotopic (exact) mass is 301 g/mol. The van der Waals surface area contributed by atoms with E-state index in [0.29, 0.717) is 5.92 Å². The van der Waals surface area contributed by atoms with E-state index in [1.165, 1.54) is 22.6 Å². The Morgan fingerprint density at radius 1 is 1.23 bits per heavy atom. The minimum Gasteiger partial charge on any atom is -0.363 e. The Balaban J connectivity index is 2.12. The van der Waals surface area contributed by atoms with Gasteiger partial charge in [0.25, 0.3) is 0 Å². The van der Waals surface area contributed by atoms with Crippen LogP contribution in [0.1, 0.15) is 42.3 Å². The van der Waals surface area contributed by atoms with E-state index in [1.54, 1.807) is 0 Å². The second kappa shape index (κ2) is 6.92. The van der Waals surface area contributed by atoms with Gasteiger partial charge in [0.1, 0.15) is 5.82 Å². The summed E-state index contributed by atoms with van der Waals surface area (Å²) in [6.07, 6.45) is 1.93. The Morgan fingerprint density at radius 2 is 1.95 bits per heavy atom. The highest BCUT2D eigenvalue weighted by Crippen LogP contribution is 2.27. The zero-order valence-electron chi connectivity index (χ0n) is 14.5. The number of nitrogens with one attached hydrogen (secondary N) is 1. The highest BCUT2D eigenvalue weighted by molar-refractivity contribution is 5.50. The molecule has 2 aromatic heterocycles. The van der Waals surface area contributed by atoms with Crippen LogP contribution in [0.3, 0.4) is 0 Å². The fourth-order valence-electron chi connectivity index (χ4n) is 2.71. The van der Waals surface area contributed by atoms with Crippen molar-refractivity contribution in [3.8, 4) is 0 Å². The number of hydrogen-bond donors (Lipinski definition) is 1. The van der Waals surface area contributed by atoms with Crippen LogP contribution in [-0.2, 0) is 20.1 Å². The third-order valence-corrected chi connectivity index (χ3v) is 3.72. The van der Waals surface area contributed by atoms with Crippen molar-refractivity contribution < 1.29 is 0 Å². The van der Waals surface area contributed by atoms with Crippen molar-refractivity contribution in [2.75, 3.05) is 19.0 Å². The lowest BCUT2D eigenvalue weighted by Gasteiger charge is -2.16. The topological polar surface area (TPSA) is 46.0 Å². The second-order valence-corrected chi connectivity index (χ2v) is 6.27. The van der Waals surface area contributed by atoms with Gasteiger partial charge in [-0.15, -0.1) is 0 Å². The molecular formula is C17H27N5. The van der Waals surface area contributed by atoms with Crippen LogP contribution in [-0.4, -0.2) is 28.9 Å². The van der Waals surface area contributed by atoms with Crippen molar-refractivity contribution in [3.63, 3.8) is 0 Å². The summed E-state index contributed by atoms with van der Waals surface area (Å²) >= 11 is 0. The minimum absolute atomic E-state index is 0.415. The minimum atomic E-state index is 0.415. The van der Waals surface area contributed by atoms with Crippen LogP contribution in [0.4, 0.5) is 5.82 Å². The first-order chi connectivity index (χ1) is 10.4. The zero-order chi connectivity index (χ0) is 16.3. The van der Waals surface area contributed by atoms with Crippen molar-refractivity contribution in [1.29, 1.82) is 0 Å². The summed E-state index contributed by atoms with van der Waals surface area (Å²) in [7, 11) is 6.14. The Hall–Kier alpha value is -1.88. The van der Waals surface area contributed by atoms with Gasteiger partial charge in [-0.05, 0) is 24.5 Å². The molecule has 5 heteroatoms. The summed E-state index contributed by atoms with van der Waals surface area (Å²) in [5.41, 5.74) is 4.70. The van der Waals surface area contributed by atoms with Crippen molar-refractivity contribution in [2.24, 2.45) is 7.05 Å². The molecule has 120 valence electrons. The van der Waals surface area contributed by atoms with Gasteiger partial charge in [0.05, 0.1) is 5.69 Å². The van der Waals surface area contributed by atoms with Gasteiger partial charge in [0.15, 0.2) is 0 Å². The molecule has 2 heterocycles. The SMILES string of the molecule is Cc1ccc(CNCc2c(C(C)C)nn(C)c2N(C)C)cn1. The van der Waals surface area contributed by atoms with Crippen LogP contribution in [0.2, 0.25) is 0 Å². The third-order valence-electron chi connectivity index (χ3n) is 3.72. The summed E-state index contributed by atoms with van der Waals surface area (Å²) in [4.78, 5) is 6.46. The van der Waals surface area contributed by atoms with Crippen LogP contribution < -0.4 is 10.2 Å². The summed E-state index contributed by atoms with van der Waals surface area (Å²) < 4.78 is 1.97. The van der Waals surface area contributed by atoms with Crippen LogP contribution in [0.5, 0.6) is 0 Å². The normalized spacial score (nSPS) is 11.2. The number of rotatable bonds is 6. The van der Waals surface area contributed by atoms with Gasteiger partial charge in [-0.3, -0.25) is 9.67 Å². The number of nitrogens with zero attached hydrogens (tertiary/aromatic N) is 4. The molecule has 0 unspecified atom stereocenters. The van der Waals surface area contributed by atoms with Crippen molar-refractivity contribution in [1.82, 2.24) is 20.1 Å². The first kappa shape index (κ1) is 16.5. The van der Waals surface area contributed by atoms with E-state index in [1.807, 2.05) is 30.9 Å². The number of hydrogen-bond acceptors (Lipinski definition) is 4. The number of aryl methyl sites for hydroxylation is 2. The second-order valence-electron chi connectivity index (χ2n) is 6.27. The molecule has 0 bridgehead atoms. The largest absolute Gasteiger partial charge is 0.363 e. The molecule has 0 aliphatic rings. The molecule has 0 aliphatic carbocycles. The Morgan fingerprint density at radius 3 is 2.50 bits per heavy atom. The summed E-state index contributed by atoms with van der Waals surface area (Å²) in [5, 5.41) is 8.21. The molecule has 0 atom stereocenters. The molecule has 0 radical (unpaired) electrons. The summed E-state index contributed by atoms with van der Waals surface area (Å²) in [5.74, 6) is 1.58. The van der Waals surface area contributed by atoms with E-state index < -0.39 is 0 Å². The maximum absolute atomic E-state index is 4.69. The van der Waals surface area contributed by atoms with Gasteiger partial charge in [-0.25, -0.2) is 0 Å². The number of aromatic nitrogens is 3. The lowest BCUT2D eigenvalue weighted by atomic mass is 10.1. The highest BCUT2D eigenvalue weighted by Gasteiger charge is 2.19. The maximum Gasteiger partial charge on any atom is 0.130 e. The van der Waals surface area contributed by atoms with Gasteiger partial charge in [-0.1, -0.05) is 19.9 Å². The van der Waals surface area contributed by atoms with Gasteiger partial charge in [0.2, 0.25) is 0 Å². The lowest BCUT2D eigenvalue weighted by Crippen LogP contribution is -2.19. The first-order valence-corrected chi connectivity index (χ1v) is 7.75. The van der Waals surface area contributed by atoms with E-state index in [0.717, 1.165) is 18.8 Å². The van der Waals surface area contributed by atoms with Crippen molar-refractivity contribution >= 4 is 5.82 Å². The molecule has 0 amide bonds. The maximum atomic E-state index is 4.69. The smallest absolute Gasteiger partial charge is 0.130 e.